The fourth-order valence-electron chi connectivity index (χ4n) is 2.28. The van der Waals surface area contributed by atoms with E-state index in [-0.39, 0.29) is 5.75 Å². The van der Waals surface area contributed by atoms with Gasteiger partial charge in [0.15, 0.2) is 11.6 Å². The lowest BCUT2D eigenvalue weighted by molar-refractivity contribution is 0.338. The number of hydrogen-bond acceptors (Lipinski definition) is 3. The fourth-order valence-corrected chi connectivity index (χ4v) is 2.28. The zero-order valence-corrected chi connectivity index (χ0v) is 9.82. The molecule has 0 atom stereocenters. The summed E-state index contributed by atoms with van der Waals surface area (Å²) in [6, 6.07) is 5.37. The van der Waals surface area contributed by atoms with Crippen molar-refractivity contribution in [1.82, 2.24) is 5.32 Å². The standard InChI is InChI=1S/C13H19FN2O/c14-12-3-1-2-9(13(12)17)8-16-11-6-4-10(15)5-7-11/h1-3,10-11,16-17H,4-8,15H2. The van der Waals surface area contributed by atoms with Gasteiger partial charge in [-0.1, -0.05) is 12.1 Å². The van der Waals surface area contributed by atoms with Gasteiger partial charge in [0.25, 0.3) is 0 Å². The lowest BCUT2D eigenvalue weighted by Gasteiger charge is -2.27. The number of phenols is 1. The summed E-state index contributed by atoms with van der Waals surface area (Å²) in [6.45, 7) is 0.503. The predicted molar refractivity (Wildman–Crippen MR) is 65.1 cm³/mol. The highest BCUT2D eigenvalue weighted by Crippen LogP contribution is 2.22. The van der Waals surface area contributed by atoms with Crippen LogP contribution < -0.4 is 11.1 Å². The number of nitrogens with two attached hydrogens (primary N) is 1. The first-order valence-electron chi connectivity index (χ1n) is 6.12. The Kier molecular flexibility index (Phi) is 3.97. The minimum Gasteiger partial charge on any atom is -0.505 e. The van der Waals surface area contributed by atoms with Crippen molar-refractivity contribution in [3.8, 4) is 5.75 Å². The monoisotopic (exact) mass is 238 g/mol. The van der Waals surface area contributed by atoms with Crippen LogP contribution in [0, 0.1) is 5.82 Å². The van der Waals surface area contributed by atoms with Gasteiger partial charge in [-0.25, -0.2) is 4.39 Å². The molecule has 0 amide bonds. The smallest absolute Gasteiger partial charge is 0.165 e. The summed E-state index contributed by atoms with van der Waals surface area (Å²) >= 11 is 0. The molecule has 0 saturated heterocycles. The second-order valence-electron chi connectivity index (χ2n) is 4.74. The van der Waals surface area contributed by atoms with Crippen LogP contribution in [0.3, 0.4) is 0 Å². The molecule has 0 unspecified atom stereocenters. The van der Waals surface area contributed by atoms with Crippen LogP contribution in [-0.2, 0) is 6.54 Å². The molecule has 1 aliphatic carbocycles. The van der Waals surface area contributed by atoms with Gasteiger partial charge in [-0.15, -0.1) is 0 Å². The maximum absolute atomic E-state index is 13.1. The second-order valence-corrected chi connectivity index (χ2v) is 4.74. The van der Waals surface area contributed by atoms with Gasteiger partial charge in [0.2, 0.25) is 0 Å². The van der Waals surface area contributed by atoms with Gasteiger partial charge in [-0.05, 0) is 31.7 Å². The summed E-state index contributed by atoms with van der Waals surface area (Å²) in [4.78, 5) is 0. The van der Waals surface area contributed by atoms with Crippen LogP contribution in [0.2, 0.25) is 0 Å². The third kappa shape index (κ3) is 3.17. The number of para-hydroxylation sites is 1. The lowest BCUT2D eigenvalue weighted by Crippen LogP contribution is -2.37. The number of rotatable bonds is 3. The van der Waals surface area contributed by atoms with E-state index in [1.807, 2.05) is 0 Å². The summed E-state index contributed by atoms with van der Waals surface area (Å²) in [5.41, 5.74) is 6.44. The summed E-state index contributed by atoms with van der Waals surface area (Å²) in [6.07, 6.45) is 4.17. The molecule has 1 aromatic carbocycles. The Bertz CT molecular complexity index is 376. The molecule has 0 radical (unpaired) electrons. The molecule has 3 nitrogen and oxygen atoms in total. The Morgan fingerprint density at radius 1 is 1.29 bits per heavy atom. The molecule has 0 bridgehead atoms. The zero-order valence-electron chi connectivity index (χ0n) is 9.82. The number of nitrogens with one attached hydrogen (secondary N) is 1. The van der Waals surface area contributed by atoms with Crippen LogP contribution in [0.4, 0.5) is 4.39 Å². The van der Waals surface area contributed by atoms with E-state index in [9.17, 15) is 9.50 Å². The van der Waals surface area contributed by atoms with Crippen molar-refractivity contribution in [2.45, 2.75) is 44.3 Å². The van der Waals surface area contributed by atoms with Crippen molar-refractivity contribution in [3.05, 3.63) is 29.6 Å². The Labute approximate surface area is 101 Å². The Morgan fingerprint density at radius 2 is 2.00 bits per heavy atom. The quantitative estimate of drug-likeness (QED) is 0.753. The van der Waals surface area contributed by atoms with E-state index in [4.69, 9.17) is 5.73 Å². The minimum absolute atomic E-state index is 0.243. The maximum Gasteiger partial charge on any atom is 0.165 e. The normalized spacial score (nSPS) is 24.8. The minimum atomic E-state index is -0.560. The average Bonchev–Trinajstić information content (AvgIpc) is 2.33. The van der Waals surface area contributed by atoms with E-state index in [0.717, 1.165) is 25.7 Å². The summed E-state index contributed by atoms with van der Waals surface area (Å²) < 4.78 is 13.1. The van der Waals surface area contributed by atoms with Crippen LogP contribution in [0.5, 0.6) is 5.75 Å². The van der Waals surface area contributed by atoms with Gasteiger partial charge >= 0.3 is 0 Å². The first-order chi connectivity index (χ1) is 8.16. The molecule has 1 saturated carbocycles. The average molecular weight is 238 g/mol. The number of aromatic hydroxyl groups is 1. The number of halogens is 1. The molecule has 17 heavy (non-hydrogen) atoms. The van der Waals surface area contributed by atoms with Crippen LogP contribution in [0.25, 0.3) is 0 Å². The lowest BCUT2D eigenvalue weighted by atomic mass is 9.92. The van der Waals surface area contributed by atoms with Gasteiger partial charge in [0.1, 0.15) is 0 Å². The predicted octanol–water partition coefficient (Wildman–Crippen LogP) is 1.89. The molecule has 4 N–H and O–H groups in total. The Balaban J connectivity index is 1.87. The van der Waals surface area contributed by atoms with Gasteiger partial charge in [-0.2, -0.15) is 0 Å². The van der Waals surface area contributed by atoms with Gasteiger partial charge in [-0.3, -0.25) is 0 Å². The molecular formula is C13H19FN2O. The molecule has 1 aromatic rings. The van der Waals surface area contributed by atoms with Crippen molar-refractivity contribution in [2.75, 3.05) is 0 Å². The summed E-state index contributed by atoms with van der Waals surface area (Å²) in [5, 5.41) is 12.9. The highest BCUT2D eigenvalue weighted by Gasteiger charge is 2.18. The van der Waals surface area contributed by atoms with Crippen LogP contribution in [-0.4, -0.2) is 17.2 Å². The molecule has 1 aliphatic rings. The van der Waals surface area contributed by atoms with Gasteiger partial charge in [0, 0.05) is 24.2 Å². The molecule has 1 fully saturated rings. The van der Waals surface area contributed by atoms with Gasteiger partial charge in [0.05, 0.1) is 0 Å². The zero-order chi connectivity index (χ0) is 12.3. The molecule has 4 heteroatoms. The van der Waals surface area contributed by atoms with E-state index >= 15 is 0 Å². The first-order valence-corrected chi connectivity index (χ1v) is 6.12. The third-order valence-electron chi connectivity index (χ3n) is 3.42. The SMILES string of the molecule is NC1CCC(NCc2cccc(F)c2O)CC1. The van der Waals surface area contributed by atoms with Gasteiger partial charge < -0.3 is 16.2 Å². The number of hydrogen-bond donors (Lipinski definition) is 3. The number of phenolic OH excluding ortho intramolecular Hbond substituents is 1. The van der Waals surface area contributed by atoms with Crippen molar-refractivity contribution < 1.29 is 9.50 Å². The molecule has 0 aliphatic heterocycles. The second kappa shape index (κ2) is 5.47. The molecular weight excluding hydrogens is 219 g/mol. The van der Waals surface area contributed by atoms with E-state index in [1.165, 1.54) is 6.07 Å². The van der Waals surface area contributed by atoms with E-state index in [2.05, 4.69) is 5.32 Å². The largest absolute Gasteiger partial charge is 0.505 e. The van der Waals surface area contributed by atoms with E-state index in [0.29, 0.717) is 24.2 Å². The van der Waals surface area contributed by atoms with E-state index < -0.39 is 5.82 Å². The number of benzene rings is 1. The van der Waals surface area contributed by atoms with Crippen molar-refractivity contribution in [1.29, 1.82) is 0 Å². The Hall–Kier alpha value is -1.13. The summed E-state index contributed by atoms with van der Waals surface area (Å²) in [7, 11) is 0. The van der Waals surface area contributed by atoms with Crippen molar-refractivity contribution in [3.63, 3.8) is 0 Å². The highest BCUT2D eigenvalue weighted by molar-refractivity contribution is 5.33. The molecule has 94 valence electrons. The van der Waals surface area contributed by atoms with Crippen LogP contribution in [0.1, 0.15) is 31.2 Å². The third-order valence-corrected chi connectivity index (χ3v) is 3.42. The van der Waals surface area contributed by atoms with Crippen LogP contribution in [0.15, 0.2) is 18.2 Å². The molecule has 0 spiro atoms. The molecule has 0 aromatic heterocycles. The van der Waals surface area contributed by atoms with Crippen molar-refractivity contribution in [2.24, 2.45) is 5.73 Å². The van der Waals surface area contributed by atoms with E-state index in [1.54, 1.807) is 12.1 Å². The molecule has 2 rings (SSSR count). The molecule has 0 heterocycles. The van der Waals surface area contributed by atoms with Crippen LogP contribution >= 0.6 is 0 Å². The first kappa shape index (κ1) is 12.3. The maximum atomic E-state index is 13.1. The summed E-state index contributed by atoms with van der Waals surface area (Å²) in [5.74, 6) is -0.803. The Morgan fingerprint density at radius 3 is 2.71 bits per heavy atom. The van der Waals surface area contributed by atoms with Crippen molar-refractivity contribution >= 4 is 0 Å². The highest BCUT2D eigenvalue weighted by atomic mass is 19.1. The fraction of sp³-hybridized carbons (Fsp3) is 0.538. The topological polar surface area (TPSA) is 58.3 Å².